The van der Waals surface area contributed by atoms with Gasteiger partial charge in [-0.25, -0.2) is 0 Å². The van der Waals surface area contributed by atoms with Gasteiger partial charge < -0.3 is 27.6 Å². The molecule has 1 aliphatic heterocycles. The van der Waals surface area contributed by atoms with Crippen molar-refractivity contribution in [3.63, 3.8) is 0 Å². The Balaban J connectivity index is 0.857. The minimum absolute atomic E-state index is 0.533. The average Bonchev–Trinajstić information content (AvgIpc) is 1.56. The Morgan fingerprint density at radius 3 is 0.905 bits per heavy atom. The third-order valence-corrected chi connectivity index (χ3v) is 20.4. The quantitative estimate of drug-likeness (QED) is 0.171. The number of nitriles is 2. The molecule has 0 fully saturated rings. The molecule has 19 aromatic rings. The SMILES string of the molecule is N#Cc1ccc2c(c1)c1cc(C#N)ccc1n2-c1cnc2c(c1)C1(c3ccc(-n4c5ccccc5c5ccccc54)cc3Oc3cc(-n4c5ccccc5c5cc(-n6c7ccccc7c7ccccc76)ccc54)ccc31)c1cc(-n3c4ccccc4c4ccccc43)cnc1-2. The first kappa shape index (κ1) is 51.5. The zero-order valence-electron chi connectivity index (χ0n) is 50.6. The van der Waals surface area contributed by atoms with Crippen LogP contribution in [0.1, 0.15) is 33.4 Å². The predicted octanol–water partition coefficient (Wildman–Crippen LogP) is 20.2. The summed E-state index contributed by atoms with van der Waals surface area (Å²) in [5, 5.41) is 31.6. The summed E-state index contributed by atoms with van der Waals surface area (Å²) in [5.74, 6) is 1.39. The molecule has 12 aromatic carbocycles. The maximum Gasteiger partial charge on any atom is 0.134 e. The highest BCUT2D eigenvalue weighted by atomic mass is 16.5. The van der Waals surface area contributed by atoms with Crippen molar-refractivity contribution in [1.29, 1.82) is 10.5 Å². The van der Waals surface area contributed by atoms with Gasteiger partial charge in [0.25, 0.3) is 0 Å². The number of para-hydroxylation sites is 7. The van der Waals surface area contributed by atoms with Gasteiger partial charge in [-0.15, -0.1) is 0 Å². The lowest BCUT2D eigenvalue weighted by molar-refractivity contribution is 0.436. The van der Waals surface area contributed by atoms with Gasteiger partial charge in [0.15, 0.2) is 0 Å². The average molecular weight is 1210 g/mol. The fraction of sp³-hybridized carbons (Fsp3) is 0.0118. The Morgan fingerprint density at radius 1 is 0.263 bits per heavy atom. The summed E-state index contributed by atoms with van der Waals surface area (Å²) in [4.78, 5) is 11.2. The third kappa shape index (κ3) is 6.83. The van der Waals surface area contributed by atoms with E-state index in [1.54, 1.807) is 0 Å². The molecular weight excluding hydrogens is 1160 g/mol. The second-order valence-electron chi connectivity index (χ2n) is 25.1. The van der Waals surface area contributed by atoms with Crippen LogP contribution in [0.5, 0.6) is 11.5 Å². The molecule has 0 N–H and O–H groups in total. The second-order valence-corrected chi connectivity index (χ2v) is 25.1. The molecule has 0 bridgehead atoms. The highest BCUT2D eigenvalue weighted by Crippen LogP contribution is 2.63. The van der Waals surface area contributed by atoms with Gasteiger partial charge in [0.2, 0.25) is 0 Å². The van der Waals surface area contributed by atoms with Crippen LogP contribution >= 0.6 is 0 Å². The summed E-state index contributed by atoms with van der Waals surface area (Å²) in [5.41, 5.74) is 20.5. The van der Waals surface area contributed by atoms with E-state index in [4.69, 9.17) is 14.7 Å². The van der Waals surface area contributed by atoms with Gasteiger partial charge >= 0.3 is 0 Å². The standard InChI is InChI=1S/C85H47N9O/c86-46-50-29-36-78-64(39-50)65-40-51(47-87)30-37-79(65)94(78)56-43-70-84(89-49-56)83-69(42-55(48-88-83)93-75-26-12-5-19-61(75)62-20-6-13-27-76(62)93)85(70)67-34-31-53(91-73-24-10-3-17-59(73)60-18-4-11-25-74(60)91)44-81(67)95-82-45-54(32-35-68(82)85)92-77-28-14-7-21-63(77)66-41-52(33-38-80(66)92)90-71-22-8-1-15-57(71)58-16-2-9-23-72(58)90/h1-45,48-49H. The Morgan fingerprint density at radius 2 is 0.547 bits per heavy atom. The monoisotopic (exact) mass is 1210 g/mol. The molecule has 1 atom stereocenters. The molecule has 21 rings (SSSR count). The molecule has 7 aromatic heterocycles. The van der Waals surface area contributed by atoms with Crippen LogP contribution in [0.15, 0.2) is 285 Å². The number of ether oxygens (including phenoxy) is 1. The summed E-state index contributed by atoms with van der Waals surface area (Å²) in [6.45, 7) is 0. The van der Waals surface area contributed by atoms with Crippen molar-refractivity contribution in [1.82, 2.24) is 32.8 Å². The number of aromatic nitrogens is 7. The van der Waals surface area contributed by atoms with E-state index in [2.05, 4.69) is 272 Å². The number of rotatable bonds is 5. The van der Waals surface area contributed by atoms with Gasteiger partial charge in [-0.1, -0.05) is 140 Å². The molecule has 1 spiro atoms. The predicted molar refractivity (Wildman–Crippen MR) is 381 cm³/mol. The molecule has 0 saturated carbocycles. The molecule has 10 nitrogen and oxygen atoms in total. The van der Waals surface area contributed by atoms with Gasteiger partial charge in [-0.3, -0.25) is 9.97 Å². The van der Waals surface area contributed by atoms with Crippen LogP contribution < -0.4 is 4.74 Å². The van der Waals surface area contributed by atoms with Gasteiger partial charge in [-0.05, 0) is 121 Å². The Bertz CT molecular complexity index is 6520. The highest BCUT2D eigenvalue weighted by molar-refractivity contribution is 6.14. The minimum atomic E-state index is -1.10. The number of pyridine rings is 2. The van der Waals surface area contributed by atoms with Gasteiger partial charge in [0, 0.05) is 105 Å². The summed E-state index contributed by atoms with van der Waals surface area (Å²) in [6, 6.07) is 102. The van der Waals surface area contributed by atoms with E-state index >= 15 is 0 Å². The smallest absolute Gasteiger partial charge is 0.134 e. The number of benzene rings is 12. The van der Waals surface area contributed by atoms with Crippen LogP contribution in [0.3, 0.4) is 0 Å². The summed E-state index contributed by atoms with van der Waals surface area (Å²) in [7, 11) is 0. The van der Waals surface area contributed by atoms with E-state index < -0.39 is 5.41 Å². The first-order valence-electron chi connectivity index (χ1n) is 31.9. The van der Waals surface area contributed by atoms with Crippen molar-refractivity contribution in [3.8, 4) is 63.5 Å². The normalized spacial score (nSPS) is 14.0. The first-order valence-corrected chi connectivity index (χ1v) is 31.9. The summed E-state index contributed by atoms with van der Waals surface area (Å²) >= 11 is 0. The fourth-order valence-corrected chi connectivity index (χ4v) is 16.6. The van der Waals surface area contributed by atoms with E-state index in [0.717, 1.165) is 150 Å². The highest BCUT2D eigenvalue weighted by Gasteiger charge is 2.53. The molecule has 95 heavy (non-hydrogen) atoms. The Kier molecular flexibility index (Phi) is 10.2. The number of fused-ring (bicyclic) bond motifs is 24. The molecule has 0 amide bonds. The molecule has 1 unspecified atom stereocenters. The van der Waals surface area contributed by atoms with E-state index in [1.165, 1.54) is 21.5 Å². The van der Waals surface area contributed by atoms with Crippen LogP contribution in [0, 0.1) is 22.7 Å². The van der Waals surface area contributed by atoms with Crippen molar-refractivity contribution < 1.29 is 4.74 Å². The van der Waals surface area contributed by atoms with E-state index in [0.29, 0.717) is 22.6 Å². The largest absolute Gasteiger partial charge is 0.457 e. The molecule has 0 radical (unpaired) electrons. The molecule has 8 heterocycles. The zero-order chi connectivity index (χ0) is 62.4. The van der Waals surface area contributed by atoms with E-state index in [9.17, 15) is 10.5 Å². The van der Waals surface area contributed by atoms with E-state index in [-0.39, 0.29) is 0 Å². The lowest BCUT2D eigenvalue weighted by Crippen LogP contribution is -2.32. The van der Waals surface area contributed by atoms with Crippen molar-refractivity contribution in [2.24, 2.45) is 0 Å². The van der Waals surface area contributed by atoms with Gasteiger partial charge in [-0.2, -0.15) is 10.5 Å². The van der Waals surface area contributed by atoms with Crippen molar-refractivity contribution in [2.45, 2.75) is 5.41 Å². The van der Waals surface area contributed by atoms with Crippen LogP contribution in [-0.4, -0.2) is 32.8 Å². The Hall–Kier alpha value is -13.3. The maximum atomic E-state index is 10.3. The van der Waals surface area contributed by atoms with Gasteiger partial charge in [0.1, 0.15) is 11.5 Å². The molecule has 10 heteroatoms. The molecule has 2 aliphatic rings. The topological polar surface area (TPSA) is 107 Å². The van der Waals surface area contributed by atoms with Crippen molar-refractivity contribution >= 4 is 109 Å². The molecule has 0 saturated heterocycles. The van der Waals surface area contributed by atoms with Crippen LogP contribution in [0.2, 0.25) is 0 Å². The van der Waals surface area contributed by atoms with Crippen molar-refractivity contribution in [3.05, 3.63) is 319 Å². The lowest BCUT2D eigenvalue weighted by atomic mass is 9.66. The zero-order valence-corrected chi connectivity index (χ0v) is 50.6. The Labute approximate surface area is 541 Å². The molecule has 1 aliphatic carbocycles. The van der Waals surface area contributed by atoms with Crippen LogP contribution in [-0.2, 0) is 5.41 Å². The third-order valence-electron chi connectivity index (χ3n) is 20.4. The van der Waals surface area contributed by atoms with Crippen LogP contribution in [0.25, 0.3) is 149 Å². The second kappa shape index (κ2) is 18.9. The molecule has 438 valence electrons. The fourth-order valence-electron chi connectivity index (χ4n) is 16.6. The summed E-state index contributed by atoms with van der Waals surface area (Å²) in [6.07, 6.45) is 3.96. The number of hydrogen-bond donors (Lipinski definition) is 0. The summed E-state index contributed by atoms with van der Waals surface area (Å²) < 4.78 is 19.4. The number of hydrogen-bond acceptors (Lipinski definition) is 5. The maximum absolute atomic E-state index is 10.3. The van der Waals surface area contributed by atoms with Crippen LogP contribution in [0.4, 0.5) is 0 Å². The lowest BCUT2D eigenvalue weighted by Gasteiger charge is -2.39. The van der Waals surface area contributed by atoms with Gasteiger partial charge in [0.05, 0.1) is 119 Å². The first-order chi connectivity index (χ1) is 47.0. The minimum Gasteiger partial charge on any atom is -0.457 e. The van der Waals surface area contributed by atoms with Crippen molar-refractivity contribution in [2.75, 3.05) is 0 Å². The van der Waals surface area contributed by atoms with E-state index in [1.807, 2.05) is 48.8 Å². The molecular formula is C85H47N9O. The number of nitrogens with zero attached hydrogens (tertiary/aromatic N) is 9.